The van der Waals surface area contributed by atoms with Crippen molar-refractivity contribution in [2.24, 2.45) is 10.8 Å². The second kappa shape index (κ2) is 5.82. The highest BCUT2D eigenvalue weighted by molar-refractivity contribution is 5.83. The van der Waals surface area contributed by atoms with E-state index in [1.165, 1.54) is 6.42 Å². The molecule has 2 fully saturated rings. The van der Waals surface area contributed by atoms with Crippen LogP contribution in [-0.4, -0.2) is 37.0 Å². The Bertz CT molecular complexity index is 319. The van der Waals surface area contributed by atoms with E-state index in [1.807, 2.05) is 0 Å². The molecule has 2 aliphatic rings. The van der Waals surface area contributed by atoms with E-state index < -0.39 is 0 Å². The summed E-state index contributed by atoms with van der Waals surface area (Å²) in [5, 5.41) is 3.43. The van der Waals surface area contributed by atoms with Gasteiger partial charge < -0.3 is 10.2 Å². The predicted molar refractivity (Wildman–Crippen MR) is 79.0 cm³/mol. The zero-order valence-corrected chi connectivity index (χ0v) is 12.9. The van der Waals surface area contributed by atoms with Crippen molar-refractivity contribution in [2.75, 3.05) is 26.2 Å². The Morgan fingerprint density at radius 2 is 1.95 bits per heavy atom. The Hall–Kier alpha value is -0.570. The van der Waals surface area contributed by atoms with Crippen LogP contribution in [0.15, 0.2) is 0 Å². The number of amides is 1. The summed E-state index contributed by atoms with van der Waals surface area (Å²) in [4.78, 5) is 15.1. The number of rotatable bonds is 2. The van der Waals surface area contributed by atoms with E-state index in [2.05, 4.69) is 31.0 Å². The predicted octanol–water partition coefficient (Wildman–Crippen LogP) is 2.80. The fraction of sp³-hybridized carbons (Fsp3) is 0.938. The molecule has 110 valence electrons. The Morgan fingerprint density at radius 3 is 2.58 bits per heavy atom. The molecule has 0 saturated carbocycles. The number of nitrogens with one attached hydrogen (secondary N) is 1. The Kier molecular flexibility index (Phi) is 4.54. The van der Waals surface area contributed by atoms with Crippen LogP contribution in [0.3, 0.4) is 0 Å². The lowest BCUT2D eigenvalue weighted by Gasteiger charge is -2.39. The second-order valence-electron chi connectivity index (χ2n) is 7.22. The minimum atomic E-state index is -0.118. The molecule has 2 heterocycles. The van der Waals surface area contributed by atoms with Crippen LogP contribution in [-0.2, 0) is 4.79 Å². The molecular formula is C16H30N2O. The number of piperidine rings is 1. The molecule has 3 nitrogen and oxygen atoms in total. The van der Waals surface area contributed by atoms with Crippen LogP contribution in [0.4, 0.5) is 0 Å². The molecule has 1 amide bonds. The topological polar surface area (TPSA) is 32.3 Å². The summed E-state index contributed by atoms with van der Waals surface area (Å²) in [7, 11) is 0. The van der Waals surface area contributed by atoms with Crippen LogP contribution >= 0.6 is 0 Å². The molecule has 0 aromatic rings. The largest absolute Gasteiger partial charge is 0.342 e. The SMILES string of the molecule is CCC1(C(=O)N2CCCC(C)(C)CC2)CCCNC1. The molecular weight excluding hydrogens is 236 g/mol. The molecule has 0 aliphatic carbocycles. The first-order valence-electron chi connectivity index (χ1n) is 7.99. The standard InChI is InChI=1S/C16H30N2O/c1-4-16(8-5-10-17-13-16)14(19)18-11-6-7-15(2,3)9-12-18/h17H,4-13H2,1-3H3. The number of hydrogen-bond donors (Lipinski definition) is 1. The average molecular weight is 266 g/mol. The van der Waals surface area contributed by atoms with Crippen molar-refractivity contribution in [3.8, 4) is 0 Å². The van der Waals surface area contributed by atoms with E-state index in [4.69, 9.17) is 0 Å². The maximum absolute atomic E-state index is 13.0. The molecule has 1 N–H and O–H groups in total. The number of likely N-dealkylation sites (tertiary alicyclic amines) is 1. The van der Waals surface area contributed by atoms with Crippen molar-refractivity contribution in [2.45, 2.75) is 59.3 Å². The lowest BCUT2D eigenvalue weighted by molar-refractivity contribution is -0.143. The van der Waals surface area contributed by atoms with Gasteiger partial charge in [0, 0.05) is 19.6 Å². The summed E-state index contributed by atoms with van der Waals surface area (Å²) < 4.78 is 0. The zero-order valence-electron chi connectivity index (χ0n) is 12.9. The summed E-state index contributed by atoms with van der Waals surface area (Å²) >= 11 is 0. The highest BCUT2D eigenvalue weighted by Gasteiger charge is 2.41. The molecule has 0 spiro atoms. The number of hydrogen-bond acceptors (Lipinski definition) is 2. The van der Waals surface area contributed by atoms with Crippen LogP contribution in [0.5, 0.6) is 0 Å². The monoisotopic (exact) mass is 266 g/mol. The minimum Gasteiger partial charge on any atom is -0.342 e. The smallest absolute Gasteiger partial charge is 0.230 e. The summed E-state index contributed by atoms with van der Waals surface area (Å²) in [6, 6.07) is 0. The minimum absolute atomic E-state index is 0.118. The van der Waals surface area contributed by atoms with E-state index in [1.54, 1.807) is 0 Å². The first kappa shape index (κ1) is 14.8. The fourth-order valence-electron chi connectivity index (χ4n) is 3.56. The van der Waals surface area contributed by atoms with Gasteiger partial charge in [0.25, 0.3) is 0 Å². The van der Waals surface area contributed by atoms with Gasteiger partial charge in [0.2, 0.25) is 5.91 Å². The van der Waals surface area contributed by atoms with Crippen LogP contribution < -0.4 is 5.32 Å². The van der Waals surface area contributed by atoms with Crippen LogP contribution in [0.1, 0.15) is 59.3 Å². The summed E-state index contributed by atoms with van der Waals surface area (Å²) in [5.74, 6) is 0.417. The van der Waals surface area contributed by atoms with E-state index >= 15 is 0 Å². The first-order chi connectivity index (χ1) is 8.99. The molecule has 0 aromatic heterocycles. The Labute approximate surface area is 118 Å². The third kappa shape index (κ3) is 3.31. The van der Waals surface area contributed by atoms with Crippen LogP contribution in [0.2, 0.25) is 0 Å². The van der Waals surface area contributed by atoms with Crippen molar-refractivity contribution in [3.63, 3.8) is 0 Å². The summed E-state index contributed by atoms with van der Waals surface area (Å²) in [6.45, 7) is 10.7. The molecule has 2 saturated heterocycles. The second-order valence-corrected chi connectivity index (χ2v) is 7.22. The maximum Gasteiger partial charge on any atom is 0.230 e. The molecule has 2 rings (SSSR count). The van der Waals surface area contributed by atoms with Gasteiger partial charge in [-0.3, -0.25) is 4.79 Å². The maximum atomic E-state index is 13.0. The molecule has 0 radical (unpaired) electrons. The van der Waals surface area contributed by atoms with Gasteiger partial charge in [-0.2, -0.15) is 0 Å². The average Bonchev–Trinajstić information content (AvgIpc) is 2.59. The molecule has 0 aromatic carbocycles. The lowest BCUT2D eigenvalue weighted by Crippen LogP contribution is -2.52. The van der Waals surface area contributed by atoms with E-state index in [0.717, 1.165) is 58.3 Å². The van der Waals surface area contributed by atoms with Crippen molar-refractivity contribution >= 4 is 5.91 Å². The van der Waals surface area contributed by atoms with Crippen LogP contribution in [0.25, 0.3) is 0 Å². The van der Waals surface area contributed by atoms with Gasteiger partial charge >= 0.3 is 0 Å². The molecule has 2 aliphatic heterocycles. The number of carbonyl (C=O) groups is 1. The molecule has 3 heteroatoms. The summed E-state index contributed by atoms with van der Waals surface area (Å²) in [6.07, 6.45) is 6.72. The van der Waals surface area contributed by atoms with Gasteiger partial charge in [0.15, 0.2) is 0 Å². The van der Waals surface area contributed by atoms with E-state index in [9.17, 15) is 4.79 Å². The van der Waals surface area contributed by atoms with Gasteiger partial charge in [0.05, 0.1) is 5.41 Å². The zero-order chi connectivity index (χ0) is 13.9. The third-order valence-electron chi connectivity index (χ3n) is 5.23. The summed E-state index contributed by atoms with van der Waals surface area (Å²) in [5.41, 5.74) is 0.284. The van der Waals surface area contributed by atoms with Gasteiger partial charge in [-0.15, -0.1) is 0 Å². The third-order valence-corrected chi connectivity index (χ3v) is 5.23. The van der Waals surface area contributed by atoms with Crippen LogP contribution in [0, 0.1) is 10.8 Å². The van der Waals surface area contributed by atoms with Crippen molar-refractivity contribution in [3.05, 3.63) is 0 Å². The van der Waals surface area contributed by atoms with Gasteiger partial charge in [-0.25, -0.2) is 0 Å². The quantitative estimate of drug-likeness (QED) is 0.833. The lowest BCUT2D eigenvalue weighted by atomic mass is 9.77. The van der Waals surface area contributed by atoms with E-state index in [0.29, 0.717) is 11.3 Å². The highest BCUT2D eigenvalue weighted by atomic mass is 16.2. The van der Waals surface area contributed by atoms with Gasteiger partial charge in [-0.1, -0.05) is 20.8 Å². The van der Waals surface area contributed by atoms with Gasteiger partial charge in [-0.05, 0) is 50.5 Å². The fourth-order valence-corrected chi connectivity index (χ4v) is 3.56. The molecule has 19 heavy (non-hydrogen) atoms. The van der Waals surface area contributed by atoms with Gasteiger partial charge in [0.1, 0.15) is 0 Å². The normalized spacial score (nSPS) is 31.8. The highest BCUT2D eigenvalue weighted by Crippen LogP contribution is 2.35. The molecule has 1 unspecified atom stereocenters. The number of nitrogens with zero attached hydrogens (tertiary/aromatic N) is 1. The Morgan fingerprint density at radius 1 is 1.16 bits per heavy atom. The Balaban J connectivity index is 2.05. The van der Waals surface area contributed by atoms with Crippen molar-refractivity contribution in [1.29, 1.82) is 0 Å². The van der Waals surface area contributed by atoms with Crippen molar-refractivity contribution < 1.29 is 4.79 Å². The van der Waals surface area contributed by atoms with E-state index in [-0.39, 0.29) is 5.41 Å². The molecule has 0 bridgehead atoms. The van der Waals surface area contributed by atoms with Crippen molar-refractivity contribution in [1.82, 2.24) is 10.2 Å². The molecule has 1 atom stereocenters. The number of carbonyl (C=O) groups excluding carboxylic acids is 1. The first-order valence-corrected chi connectivity index (χ1v) is 7.99.